The van der Waals surface area contributed by atoms with Gasteiger partial charge in [-0.1, -0.05) is 49.7 Å². The number of hydrogen-bond donors (Lipinski definition) is 0. The smallest absolute Gasteiger partial charge is 0.292 e. The zero-order valence-corrected chi connectivity index (χ0v) is 21.0. The lowest BCUT2D eigenvalue weighted by Gasteiger charge is -2.49. The molecular formula is C26H34ClN3O4. The SMILES string of the molecule is CCc1cc(C(=O)N2CCC[C@@]3(C[C@H](OCC(C)C)CN(Cc4ccc(Cl)cc4)C3=O)C2)on1. The molecule has 0 aliphatic carbocycles. The third kappa shape index (κ3) is 5.47. The van der Waals surface area contributed by atoms with E-state index in [9.17, 15) is 9.59 Å². The van der Waals surface area contributed by atoms with Gasteiger partial charge in [-0.3, -0.25) is 9.59 Å². The maximum Gasteiger partial charge on any atom is 0.292 e. The average Bonchev–Trinajstić information content (AvgIpc) is 3.31. The van der Waals surface area contributed by atoms with E-state index in [1.54, 1.807) is 11.0 Å². The minimum Gasteiger partial charge on any atom is -0.376 e. The van der Waals surface area contributed by atoms with Crippen LogP contribution in [0, 0.1) is 11.3 Å². The molecule has 8 heteroatoms. The van der Waals surface area contributed by atoms with Crippen molar-refractivity contribution in [2.24, 2.45) is 11.3 Å². The number of nitrogens with zero attached hydrogens (tertiary/aromatic N) is 3. The van der Waals surface area contributed by atoms with Crippen LogP contribution in [0.5, 0.6) is 0 Å². The van der Waals surface area contributed by atoms with Crippen LogP contribution in [0.3, 0.4) is 0 Å². The van der Waals surface area contributed by atoms with E-state index in [-0.39, 0.29) is 23.7 Å². The van der Waals surface area contributed by atoms with E-state index in [1.165, 1.54) is 0 Å². The molecule has 0 saturated carbocycles. The highest BCUT2D eigenvalue weighted by molar-refractivity contribution is 6.30. The van der Waals surface area contributed by atoms with Crippen molar-refractivity contribution in [1.82, 2.24) is 15.0 Å². The number of likely N-dealkylation sites (tertiary alicyclic amines) is 2. The monoisotopic (exact) mass is 487 g/mol. The van der Waals surface area contributed by atoms with Crippen LogP contribution in [-0.4, -0.2) is 59.1 Å². The number of carbonyl (C=O) groups is 2. The predicted molar refractivity (Wildman–Crippen MR) is 130 cm³/mol. The van der Waals surface area contributed by atoms with Crippen molar-refractivity contribution in [3.05, 3.63) is 52.4 Å². The Morgan fingerprint density at radius 3 is 2.76 bits per heavy atom. The van der Waals surface area contributed by atoms with Gasteiger partial charge in [0.1, 0.15) is 0 Å². The summed E-state index contributed by atoms with van der Waals surface area (Å²) in [5, 5.41) is 4.63. The fraction of sp³-hybridized carbons (Fsp3) is 0.577. The minimum atomic E-state index is -0.659. The molecule has 34 heavy (non-hydrogen) atoms. The van der Waals surface area contributed by atoms with Gasteiger partial charge < -0.3 is 19.1 Å². The summed E-state index contributed by atoms with van der Waals surface area (Å²) in [5.74, 6) is 0.537. The fourth-order valence-electron chi connectivity index (χ4n) is 5.02. The van der Waals surface area contributed by atoms with E-state index in [1.807, 2.05) is 36.1 Å². The van der Waals surface area contributed by atoms with Gasteiger partial charge in [0.15, 0.2) is 0 Å². The summed E-state index contributed by atoms with van der Waals surface area (Å²) >= 11 is 6.05. The van der Waals surface area contributed by atoms with Crippen molar-refractivity contribution in [1.29, 1.82) is 0 Å². The maximum atomic E-state index is 13.9. The molecular weight excluding hydrogens is 454 g/mol. The highest BCUT2D eigenvalue weighted by Gasteiger charge is 2.50. The predicted octanol–water partition coefficient (Wildman–Crippen LogP) is 4.59. The van der Waals surface area contributed by atoms with Gasteiger partial charge in [0, 0.05) is 43.9 Å². The Morgan fingerprint density at radius 2 is 2.09 bits per heavy atom. The van der Waals surface area contributed by atoms with Crippen molar-refractivity contribution < 1.29 is 18.8 Å². The van der Waals surface area contributed by atoms with Crippen LogP contribution >= 0.6 is 11.6 Å². The molecule has 2 aliphatic rings. The average molecular weight is 488 g/mol. The number of carbonyl (C=O) groups excluding carboxylic acids is 2. The Hall–Kier alpha value is -2.38. The number of aromatic nitrogens is 1. The van der Waals surface area contributed by atoms with Gasteiger partial charge in [-0.2, -0.15) is 0 Å². The second-order valence-corrected chi connectivity index (χ2v) is 10.4. The Bertz CT molecular complexity index is 1010. The van der Waals surface area contributed by atoms with E-state index >= 15 is 0 Å². The quantitative estimate of drug-likeness (QED) is 0.571. The zero-order chi connectivity index (χ0) is 24.3. The molecule has 4 rings (SSSR count). The molecule has 1 spiro atoms. The van der Waals surface area contributed by atoms with E-state index in [4.69, 9.17) is 20.9 Å². The van der Waals surface area contributed by atoms with E-state index in [0.717, 1.165) is 24.1 Å². The fourth-order valence-corrected chi connectivity index (χ4v) is 5.15. The van der Waals surface area contributed by atoms with Crippen LogP contribution in [0.1, 0.15) is 61.8 Å². The number of halogens is 1. The molecule has 7 nitrogen and oxygen atoms in total. The molecule has 0 N–H and O–H groups in total. The van der Waals surface area contributed by atoms with Crippen molar-refractivity contribution in [3.8, 4) is 0 Å². The van der Waals surface area contributed by atoms with Gasteiger partial charge in [0.25, 0.3) is 5.91 Å². The van der Waals surface area contributed by atoms with Crippen molar-refractivity contribution >= 4 is 23.4 Å². The van der Waals surface area contributed by atoms with Gasteiger partial charge in [0.05, 0.1) is 17.2 Å². The molecule has 184 valence electrons. The minimum absolute atomic E-state index is 0.0700. The summed E-state index contributed by atoms with van der Waals surface area (Å²) in [6.07, 6.45) is 2.76. The zero-order valence-electron chi connectivity index (χ0n) is 20.3. The molecule has 2 saturated heterocycles. The number of benzene rings is 1. The van der Waals surface area contributed by atoms with Crippen molar-refractivity contribution in [2.45, 2.75) is 59.1 Å². The second kappa shape index (κ2) is 10.5. The Kier molecular flexibility index (Phi) is 7.63. The molecule has 2 aliphatic heterocycles. The largest absolute Gasteiger partial charge is 0.376 e. The summed E-state index contributed by atoms with van der Waals surface area (Å²) in [6, 6.07) is 9.29. The van der Waals surface area contributed by atoms with Crippen LogP contribution < -0.4 is 0 Å². The lowest BCUT2D eigenvalue weighted by molar-refractivity contribution is -0.160. The first kappa shape index (κ1) is 24.7. The lowest BCUT2D eigenvalue weighted by Crippen LogP contribution is -2.60. The number of aryl methyl sites for hydroxylation is 1. The van der Waals surface area contributed by atoms with Crippen LogP contribution in [0.4, 0.5) is 0 Å². The maximum absolute atomic E-state index is 13.9. The van der Waals surface area contributed by atoms with Crippen LogP contribution in [-0.2, 0) is 22.5 Å². The Balaban J connectivity index is 1.56. The van der Waals surface area contributed by atoms with Crippen LogP contribution in [0.25, 0.3) is 0 Å². The summed E-state index contributed by atoms with van der Waals surface area (Å²) in [5.41, 5.74) is 1.11. The molecule has 3 heterocycles. The van der Waals surface area contributed by atoms with Crippen LogP contribution in [0.2, 0.25) is 5.02 Å². The molecule has 1 aromatic carbocycles. The van der Waals surface area contributed by atoms with E-state index in [2.05, 4.69) is 19.0 Å². The van der Waals surface area contributed by atoms with Gasteiger partial charge in [-0.15, -0.1) is 0 Å². The highest BCUT2D eigenvalue weighted by atomic mass is 35.5. The molecule has 2 atom stereocenters. The normalized spacial score (nSPS) is 23.2. The van der Waals surface area contributed by atoms with Gasteiger partial charge >= 0.3 is 0 Å². The topological polar surface area (TPSA) is 75.9 Å². The summed E-state index contributed by atoms with van der Waals surface area (Å²) in [4.78, 5) is 30.7. The number of piperidine rings is 2. The van der Waals surface area contributed by atoms with Crippen molar-refractivity contribution in [2.75, 3.05) is 26.2 Å². The van der Waals surface area contributed by atoms with Gasteiger partial charge in [-0.05, 0) is 49.3 Å². The third-order valence-electron chi connectivity index (χ3n) is 6.73. The lowest BCUT2D eigenvalue weighted by atomic mass is 9.72. The number of hydrogen-bond acceptors (Lipinski definition) is 5. The summed E-state index contributed by atoms with van der Waals surface area (Å²) in [7, 11) is 0. The molecule has 2 fully saturated rings. The van der Waals surface area contributed by atoms with Crippen LogP contribution in [0.15, 0.2) is 34.9 Å². The first-order valence-corrected chi connectivity index (χ1v) is 12.6. The molecule has 0 bridgehead atoms. The summed E-state index contributed by atoms with van der Waals surface area (Å²) < 4.78 is 11.6. The molecule has 0 unspecified atom stereocenters. The first-order chi connectivity index (χ1) is 16.3. The van der Waals surface area contributed by atoms with E-state index < -0.39 is 5.41 Å². The number of ether oxygens (including phenoxy) is 1. The molecule has 0 radical (unpaired) electrons. The number of amides is 2. The highest BCUT2D eigenvalue weighted by Crippen LogP contribution is 2.41. The standard InChI is InChI=1S/C26H34ClN3O4/c1-4-21-12-23(34-28-21)24(31)29-11-5-10-26(17-29)13-22(33-16-18(2)3)15-30(25(26)32)14-19-6-8-20(27)9-7-19/h6-9,12,18,22H,4-5,10-11,13-17H2,1-3H3/t22-,26+/m0/s1. The van der Waals surface area contributed by atoms with Gasteiger partial charge in [-0.25, -0.2) is 0 Å². The Morgan fingerprint density at radius 1 is 1.32 bits per heavy atom. The third-order valence-corrected chi connectivity index (χ3v) is 6.98. The Labute approximate surface area is 206 Å². The van der Waals surface area contributed by atoms with Gasteiger partial charge in [0.2, 0.25) is 11.7 Å². The number of rotatable bonds is 7. The summed E-state index contributed by atoms with van der Waals surface area (Å²) in [6.45, 7) is 8.87. The van der Waals surface area contributed by atoms with Crippen molar-refractivity contribution in [3.63, 3.8) is 0 Å². The van der Waals surface area contributed by atoms with E-state index in [0.29, 0.717) is 56.6 Å². The molecule has 1 aromatic heterocycles. The first-order valence-electron chi connectivity index (χ1n) is 12.2. The molecule has 2 aromatic rings. The second-order valence-electron chi connectivity index (χ2n) is 10.0. The molecule has 2 amide bonds.